The second-order valence-electron chi connectivity index (χ2n) is 6.16. The van der Waals surface area contributed by atoms with Crippen LogP contribution in [-0.2, 0) is 4.74 Å². The average Bonchev–Trinajstić information content (AvgIpc) is 3.07. The first-order valence-corrected chi connectivity index (χ1v) is 8.64. The van der Waals surface area contributed by atoms with Crippen LogP contribution in [-0.4, -0.2) is 55.9 Å². The van der Waals surface area contributed by atoms with E-state index >= 15 is 0 Å². The number of ether oxygens (including phenoxy) is 1. The van der Waals surface area contributed by atoms with Gasteiger partial charge in [-0.3, -0.25) is 0 Å². The summed E-state index contributed by atoms with van der Waals surface area (Å²) in [6.45, 7) is 6.54. The SMILES string of the molecule is OC(CCN1CCCC1)c1ccc(N2CCOCC2)c(Cl)c1. The molecule has 0 saturated carbocycles. The number of anilines is 1. The van der Waals surface area contributed by atoms with Crippen LogP contribution in [0.25, 0.3) is 0 Å². The molecular formula is C17H25ClN2O2. The number of hydrogen-bond donors (Lipinski definition) is 1. The highest BCUT2D eigenvalue weighted by Crippen LogP contribution is 2.30. The topological polar surface area (TPSA) is 35.9 Å². The van der Waals surface area contributed by atoms with Gasteiger partial charge in [-0.1, -0.05) is 17.7 Å². The van der Waals surface area contributed by atoms with Crippen molar-refractivity contribution in [1.29, 1.82) is 0 Å². The molecule has 2 saturated heterocycles. The number of likely N-dealkylation sites (tertiary alicyclic amines) is 1. The molecule has 2 fully saturated rings. The van der Waals surface area contributed by atoms with Gasteiger partial charge in [0, 0.05) is 19.6 Å². The lowest BCUT2D eigenvalue weighted by Gasteiger charge is -2.30. The fourth-order valence-electron chi connectivity index (χ4n) is 3.27. The Balaban J connectivity index is 1.60. The third kappa shape index (κ3) is 3.93. The Hall–Kier alpha value is -0.810. The van der Waals surface area contributed by atoms with Crippen molar-refractivity contribution in [2.75, 3.05) is 50.8 Å². The third-order valence-corrected chi connectivity index (χ3v) is 4.93. The van der Waals surface area contributed by atoms with E-state index in [2.05, 4.69) is 9.80 Å². The molecule has 1 aromatic carbocycles. The Labute approximate surface area is 137 Å². The first kappa shape index (κ1) is 16.1. The number of aliphatic hydroxyl groups is 1. The van der Waals surface area contributed by atoms with Crippen molar-refractivity contribution in [2.24, 2.45) is 0 Å². The second kappa shape index (κ2) is 7.64. The summed E-state index contributed by atoms with van der Waals surface area (Å²) in [6.07, 6.45) is 2.91. The fourth-order valence-corrected chi connectivity index (χ4v) is 3.58. The highest BCUT2D eigenvalue weighted by Gasteiger charge is 2.18. The minimum Gasteiger partial charge on any atom is -0.388 e. The van der Waals surface area contributed by atoms with Crippen molar-refractivity contribution in [1.82, 2.24) is 4.90 Å². The van der Waals surface area contributed by atoms with Crippen molar-refractivity contribution >= 4 is 17.3 Å². The van der Waals surface area contributed by atoms with Gasteiger partial charge in [-0.05, 0) is 50.0 Å². The summed E-state index contributed by atoms with van der Waals surface area (Å²) in [4.78, 5) is 4.67. The Kier molecular flexibility index (Phi) is 5.58. The minimum absolute atomic E-state index is 0.433. The van der Waals surface area contributed by atoms with Gasteiger partial charge in [-0.25, -0.2) is 0 Å². The number of morpholine rings is 1. The Morgan fingerprint density at radius 2 is 1.86 bits per heavy atom. The van der Waals surface area contributed by atoms with Crippen LogP contribution in [0.2, 0.25) is 5.02 Å². The van der Waals surface area contributed by atoms with Crippen molar-refractivity contribution in [3.63, 3.8) is 0 Å². The van der Waals surface area contributed by atoms with Crippen LogP contribution in [0, 0.1) is 0 Å². The zero-order chi connectivity index (χ0) is 15.4. The molecule has 0 amide bonds. The molecule has 1 atom stereocenters. The van der Waals surface area contributed by atoms with Gasteiger partial charge in [0.05, 0.1) is 30.0 Å². The number of benzene rings is 1. The van der Waals surface area contributed by atoms with Crippen LogP contribution >= 0.6 is 11.6 Å². The number of nitrogens with zero attached hydrogens (tertiary/aromatic N) is 2. The molecule has 1 unspecified atom stereocenters. The maximum absolute atomic E-state index is 10.4. The van der Waals surface area contributed by atoms with Gasteiger partial charge in [0.25, 0.3) is 0 Å². The first-order chi connectivity index (χ1) is 10.7. The summed E-state index contributed by atoms with van der Waals surface area (Å²) in [5.41, 5.74) is 1.96. The number of hydrogen-bond acceptors (Lipinski definition) is 4. The van der Waals surface area contributed by atoms with Crippen LogP contribution in [0.15, 0.2) is 18.2 Å². The van der Waals surface area contributed by atoms with E-state index < -0.39 is 6.10 Å². The van der Waals surface area contributed by atoms with E-state index in [4.69, 9.17) is 16.3 Å². The summed E-state index contributed by atoms with van der Waals surface area (Å²) in [6, 6.07) is 5.95. The smallest absolute Gasteiger partial charge is 0.0802 e. The van der Waals surface area contributed by atoms with Gasteiger partial charge >= 0.3 is 0 Å². The summed E-state index contributed by atoms with van der Waals surface area (Å²) in [5.74, 6) is 0. The normalized spacial score (nSPS) is 21.3. The fraction of sp³-hybridized carbons (Fsp3) is 0.647. The first-order valence-electron chi connectivity index (χ1n) is 8.26. The molecule has 0 aromatic heterocycles. The molecule has 0 bridgehead atoms. The van der Waals surface area contributed by atoms with Crippen LogP contribution in [0.5, 0.6) is 0 Å². The molecule has 3 rings (SSSR count). The maximum Gasteiger partial charge on any atom is 0.0802 e. The molecule has 1 aromatic rings. The lowest BCUT2D eigenvalue weighted by atomic mass is 10.1. The molecule has 2 aliphatic rings. The molecular weight excluding hydrogens is 300 g/mol. The van der Waals surface area contributed by atoms with Crippen molar-refractivity contribution in [3.8, 4) is 0 Å². The lowest BCUT2D eigenvalue weighted by molar-refractivity contribution is 0.122. The molecule has 0 spiro atoms. The van der Waals surface area contributed by atoms with Gasteiger partial charge < -0.3 is 19.6 Å². The molecule has 1 N–H and O–H groups in total. The third-order valence-electron chi connectivity index (χ3n) is 4.63. The second-order valence-corrected chi connectivity index (χ2v) is 6.57. The molecule has 5 heteroatoms. The van der Waals surface area contributed by atoms with E-state index in [1.54, 1.807) is 0 Å². The van der Waals surface area contributed by atoms with E-state index in [-0.39, 0.29) is 0 Å². The van der Waals surface area contributed by atoms with Crippen LogP contribution < -0.4 is 4.90 Å². The molecule has 4 nitrogen and oxygen atoms in total. The number of halogens is 1. The van der Waals surface area contributed by atoms with E-state index in [0.29, 0.717) is 0 Å². The predicted molar refractivity (Wildman–Crippen MR) is 89.7 cm³/mol. The summed E-state index contributed by atoms with van der Waals surface area (Å²) < 4.78 is 5.37. The Bertz CT molecular complexity index is 486. The lowest BCUT2D eigenvalue weighted by Crippen LogP contribution is -2.36. The standard InChI is InChI=1S/C17H25ClN2O2/c18-15-13-14(17(21)5-8-19-6-1-2-7-19)3-4-16(15)20-9-11-22-12-10-20/h3-4,13,17,21H,1-2,5-12H2. The van der Waals surface area contributed by atoms with E-state index in [0.717, 1.165) is 55.5 Å². The largest absolute Gasteiger partial charge is 0.388 e. The average molecular weight is 325 g/mol. The van der Waals surface area contributed by atoms with Gasteiger partial charge in [-0.2, -0.15) is 0 Å². The molecule has 22 heavy (non-hydrogen) atoms. The molecule has 122 valence electrons. The van der Waals surface area contributed by atoms with Gasteiger partial charge in [0.15, 0.2) is 0 Å². The van der Waals surface area contributed by atoms with Crippen LogP contribution in [0.1, 0.15) is 30.9 Å². The van der Waals surface area contributed by atoms with Crippen molar-refractivity contribution < 1.29 is 9.84 Å². The molecule has 0 aliphatic carbocycles. The molecule has 2 aliphatic heterocycles. The number of aliphatic hydroxyl groups excluding tert-OH is 1. The maximum atomic E-state index is 10.4. The van der Waals surface area contributed by atoms with E-state index in [1.165, 1.54) is 25.9 Å². The highest BCUT2D eigenvalue weighted by molar-refractivity contribution is 6.33. The van der Waals surface area contributed by atoms with Crippen LogP contribution in [0.4, 0.5) is 5.69 Å². The van der Waals surface area contributed by atoms with E-state index in [1.807, 2.05) is 18.2 Å². The monoisotopic (exact) mass is 324 g/mol. The van der Waals surface area contributed by atoms with Crippen molar-refractivity contribution in [3.05, 3.63) is 28.8 Å². The summed E-state index contributed by atoms with van der Waals surface area (Å²) >= 11 is 6.43. The summed E-state index contributed by atoms with van der Waals surface area (Å²) in [5, 5.41) is 11.1. The quantitative estimate of drug-likeness (QED) is 0.903. The van der Waals surface area contributed by atoms with Gasteiger partial charge in [0.2, 0.25) is 0 Å². The van der Waals surface area contributed by atoms with Crippen molar-refractivity contribution in [2.45, 2.75) is 25.4 Å². The highest BCUT2D eigenvalue weighted by atomic mass is 35.5. The zero-order valence-corrected chi connectivity index (χ0v) is 13.8. The molecule has 2 heterocycles. The Morgan fingerprint density at radius 3 is 2.55 bits per heavy atom. The van der Waals surface area contributed by atoms with Gasteiger partial charge in [0.1, 0.15) is 0 Å². The minimum atomic E-state index is -0.433. The summed E-state index contributed by atoms with van der Waals surface area (Å²) in [7, 11) is 0. The van der Waals surface area contributed by atoms with Gasteiger partial charge in [-0.15, -0.1) is 0 Å². The predicted octanol–water partition coefficient (Wildman–Crippen LogP) is 2.70. The zero-order valence-electron chi connectivity index (χ0n) is 13.0. The van der Waals surface area contributed by atoms with Crippen LogP contribution in [0.3, 0.4) is 0 Å². The number of rotatable bonds is 5. The Morgan fingerprint density at radius 1 is 1.14 bits per heavy atom. The molecule has 0 radical (unpaired) electrons. The van der Waals surface area contributed by atoms with E-state index in [9.17, 15) is 5.11 Å².